The lowest BCUT2D eigenvalue weighted by molar-refractivity contribution is -0.122. The van der Waals surface area contributed by atoms with Crippen molar-refractivity contribution in [3.8, 4) is 0 Å². The Morgan fingerprint density at radius 2 is 1.88 bits per heavy atom. The van der Waals surface area contributed by atoms with Crippen LogP contribution in [-0.4, -0.2) is 31.7 Å². The summed E-state index contributed by atoms with van der Waals surface area (Å²) in [5, 5.41) is 6.65. The van der Waals surface area contributed by atoms with E-state index >= 15 is 0 Å². The molecule has 25 heavy (non-hydrogen) atoms. The Morgan fingerprint density at radius 3 is 2.56 bits per heavy atom. The molecular weight excluding hydrogens is 319 g/mol. The fourth-order valence-electron chi connectivity index (χ4n) is 4.09. The van der Waals surface area contributed by atoms with Crippen LogP contribution in [0.2, 0.25) is 0 Å². The Bertz CT molecular complexity index is 570. The van der Waals surface area contributed by atoms with Gasteiger partial charge in [-0.05, 0) is 49.3 Å². The third kappa shape index (κ3) is 4.59. The first-order valence-electron chi connectivity index (χ1n) is 9.47. The minimum atomic E-state index is -0.318. The van der Waals surface area contributed by atoms with Crippen LogP contribution >= 0.6 is 0 Å². The average Bonchev–Trinajstić information content (AvgIpc) is 2.63. The van der Waals surface area contributed by atoms with Crippen molar-refractivity contribution >= 4 is 5.91 Å². The van der Waals surface area contributed by atoms with Crippen molar-refractivity contribution in [3.05, 3.63) is 35.6 Å². The maximum atomic E-state index is 13.3. The molecule has 1 aromatic rings. The fourth-order valence-corrected chi connectivity index (χ4v) is 4.09. The smallest absolute Gasteiger partial charge is 0.234 e. The van der Waals surface area contributed by atoms with Crippen LogP contribution in [0, 0.1) is 11.7 Å². The van der Waals surface area contributed by atoms with E-state index in [1.807, 2.05) is 12.1 Å². The third-order valence-electron chi connectivity index (χ3n) is 5.79. The van der Waals surface area contributed by atoms with Gasteiger partial charge in [0.25, 0.3) is 0 Å². The lowest BCUT2D eigenvalue weighted by atomic mass is 9.82. The van der Waals surface area contributed by atoms with Crippen LogP contribution in [0.4, 0.5) is 4.39 Å². The molecule has 1 saturated heterocycles. The van der Waals surface area contributed by atoms with E-state index in [9.17, 15) is 9.18 Å². The minimum absolute atomic E-state index is 0.0479. The van der Waals surface area contributed by atoms with Crippen LogP contribution in [0.3, 0.4) is 0 Å². The van der Waals surface area contributed by atoms with Crippen LogP contribution in [0.5, 0.6) is 0 Å². The molecule has 1 saturated carbocycles. The van der Waals surface area contributed by atoms with Gasteiger partial charge in [-0.25, -0.2) is 4.39 Å². The number of hydrogen-bond donors (Lipinski definition) is 2. The molecule has 2 fully saturated rings. The van der Waals surface area contributed by atoms with Crippen LogP contribution in [-0.2, 0) is 15.1 Å². The van der Waals surface area contributed by atoms with Crippen LogP contribution < -0.4 is 10.6 Å². The first-order valence-corrected chi connectivity index (χ1v) is 9.47. The second-order valence-electron chi connectivity index (χ2n) is 7.49. The van der Waals surface area contributed by atoms with E-state index in [2.05, 4.69) is 17.6 Å². The Labute approximate surface area is 149 Å². The lowest BCUT2D eigenvalue weighted by Gasteiger charge is -2.39. The van der Waals surface area contributed by atoms with Gasteiger partial charge in [0.15, 0.2) is 0 Å². The van der Waals surface area contributed by atoms with Crippen LogP contribution in [0.15, 0.2) is 24.3 Å². The zero-order valence-electron chi connectivity index (χ0n) is 15.0. The SMILES string of the molecule is C[C@H]1CCCC[C@@H]1NC(=O)CNC1(c2ccc(F)cc2)CCOCC1. The van der Waals surface area contributed by atoms with Crippen molar-refractivity contribution in [3.63, 3.8) is 0 Å². The molecule has 0 radical (unpaired) electrons. The van der Waals surface area contributed by atoms with Gasteiger partial charge in [0, 0.05) is 24.8 Å². The lowest BCUT2D eigenvalue weighted by Crippen LogP contribution is -2.52. The van der Waals surface area contributed by atoms with E-state index in [1.165, 1.54) is 31.4 Å². The highest BCUT2D eigenvalue weighted by Crippen LogP contribution is 2.32. The quantitative estimate of drug-likeness (QED) is 0.860. The van der Waals surface area contributed by atoms with Crippen molar-refractivity contribution in [2.24, 2.45) is 5.92 Å². The number of ether oxygens (including phenoxy) is 1. The number of carbonyl (C=O) groups excluding carboxylic acids is 1. The first-order chi connectivity index (χ1) is 12.1. The number of rotatable bonds is 5. The molecule has 5 heteroatoms. The van der Waals surface area contributed by atoms with Gasteiger partial charge in [-0.3, -0.25) is 10.1 Å². The molecule has 0 spiro atoms. The summed E-state index contributed by atoms with van der Waals surface area (Å²) in [6.45, 7) is 3.79. The summed E-state index contributed by atoms with van der Waals surface area (Å²) in [4.78, 5) is 12.5. The largest absolute Gasteiger partial charge is 0.381 e. The van der Waals surface area contributed by atoms with Gasteiger partial charge in [-0.15, -0.1) is 0 Å². The number of carbonyl (C=O) groups is 1. The van der Waals surface area contributed by atoms with Crippen molar-refractivity contribution < 1.29 is 13.9 Å². The monoisotopic (exact) mass is 348 g/mol. The maximum absolute atomic E-state index is 13.3. The molecule has 1 aliphatic carbocycles. The zero-order valence-corrected chi connectivity index (χ0v) is 15.0. The van der Waals surface area contributed by atoms with Crippen molar-refractivity contribution in [2.45, 2.75) is 57.0 Å². The normalized spacial score (nSPS) is 26.2. The highest BCUT2D eigenvalue weighted by atomic mass is 19.1. The summed E-state index contributed by atoms with van der Waals surface area (Å²) in [5.74, 6) is 0.355. The minimum Gasteiger partial charge on any atom is -0.381 e. The second-order valence-corrected chi connectivity index (χ2v) is 7.49. The fraction of sp³-hybridized carbons (Fsp3) is 0.650. The average molecular weight is 348 g/mol. The highest BCUT2D eigenvalue weighted by molar-refractivity contribution is 5.78. The summed E-state index contributed by atoms with van der Waals surface area (Å²) in [7, 11) is 0. The van der Waals surface area contributed by atoms with E-state index in [1.54, 1.807) is 0 Å². The molecule has 138 valence electrons. The predicted molar refractivity (Wildman–Crippen MR) is 95.7 cm³/mol. The zero-order chi connectivity index (χ0) is 17.7. The molecule has 0 unspecified atom stereocenters. The van der Waals surface area contributed by atoms with E-state index in [4.69, 9.17) is 4.74 Å². The summed E-state index contributed by atoms with van der Waals surface area (Å²) in [5.41, 5.74) is 0.706. The Balaban J connectivity index is 1.62. The van der Waals surface area contributed by atoms with E-state index in [0.29, 0.717) is 25.2 Å². The van der Waals surface area contributed by atoms with Gasteiger partial charge >= 0.3 is 0 Å². The van der Waals surface area contributed by atoms with E-state index < -0.39 is 0 Å². The highest BCUT2D eigenvalue weighted by Gasteiger charge is 2.34. The van der Waals surface area contributed by atoms with Crippen molar-refractivity contribution in [2.75, 3.05) is 19.8 Å². The molecule has 1 heterocycles. The van der Waals surface area contributed by atoms with Gasteiger partial charge in [0.1, 0.15) is 5.82 Å². The molecule has 1 amide bonds. The molecule has 1 aromatic carbocycles. The number of benzene rings is 1. The Morgan fingerprint density at radius 1 is 1.20 bits per heavy atom. The summed E-state index contributed by atoms with van der Waals surface area (Å²) < 4.78 is 18.8. The van der Waals surface area contributed by atoms with Gasteiger partial charge in [-0.1, -0.05) is 31.9 Å². The second kappa shape index (κ2) is 8.28. The molecule has 0 bridgehead atoms. The predicted octanol–water partition coefficient (Wildman–Crippen LogP) is 3.12. The van der Waals surface area contributed by atoms with Gasteiger partial charge < -0.3 is 10.1 Å². The number of amides is 1. The van der Waals surface area contributed by atoms with Crippen LogP contribution in [0.1, 0.15) is 51.0 Å². The molecule has 1 aliphatic heterocycles. The molecule has 2 atom stereocenters. The summed E-state index contributed by atoms with van der Waals surface area (Å²) >= 11 is 0. The van der Waals surface area contributed by atoms with Crippen LogP contribution in [0.25, 0.3) is 0 Å². The van der Waals surface area contributed by atoms with Crippen molar-refractivity contribution in [1.29, 1.82) is 0 Å². The van der Waals surface area contributed by atoms with E-state index in [0.717, 1.165) is 24.8 Å². The van der Waals surface area contributed by atoms with Crippen molar-refractivity contribution in [1.82, 2.24) is 10.6 Å². The first kappa shape index (κ1) is 18.3. The maximum Gasteiger partial charge on any atom is 0.234 e. The summed E-state index contributed by atoms with van der Waals surface area (Å²) in [6.07, 6.45) is 6.29. The van der Waals surface area contributed by atoms with Gasteiger partial charge in [0.05, 0.1) is 6.54 Å². The molecular formula is C20H29FN2O2. The molecule has 2 N–H and O–H groups in total. The number of hydrogen-bond acceptors (Lipinski definition) is 3. The standard InChI is InChI=1S/C20H29FN2O2/c1-15-4-2-3-5-18(15)23-19(24)14-22-20(10-12-25-13-11-20)16-6-8-17(21)9-7-16/h6-9,15,18,22H,2-5,10-14H2,1H3,(H,23,24)/t15-,18-/m0/s1. The Kier molecular flexibility index (Phi) is 6.07. The number of nitrogens with one attached hydrogen (secondary N) is 2. The van der Waals surface area contributed by atoms with Gasteiger partial charge in [-0.2, -0.15) is 0 Å². The van der Waals surface area contributed by atoms with Gasteiger partial charge in [0.2, 0.25) is 5.91 Å². The summed E-state index contributed by atoms with van der Waals surface area (Å²) in [6, 6.07) is 6.89. The molecule has 2 aliphatic rings. The number of halogens is 1. The third-order valence-corrected chi connectivity index (χ3v) is 5.79. The Hall–Kier alpha value is -1.46. The molecule has 0 aromatic heterocycles. The molecule has 4 nitrogen and oxygen atoms in total. The molecule has 3 rings (SSSR count). The van der Waals surface area contributed by atoms with E-state index in [-0.39, 0.29) is 23.8 Å². The topological polar surface area (TPSA) is 50.4 Å².